The number of ether oxygens (including phenoxy) is 1. The highest BCUT2D eigenvalue weighted by Gasteiger charge is 2.26. The summed E-state index contributed by atoms with van der Waals surface area (Å²) < 4.78 is 41.3. The summed E-state index contributed by atoms with van der Waals surface area (Å²) in [5.41, 5.74) is -0.0200. The van der Waals surface area contributed by atoms with E-state index in [-0.39, 0.29) is 17.6 Å². The van der Waals surface area contributed by atoms with Crippen LogP contribution < -0.4 is 0 Å². The van der Waals surface area contributed by atoms with Gasteiger partial charge in [0.25, 0.3) is 9.05 Å². The van der Waals surface area contributed by atoms with Crippen molar-refractivity contribution in [3.05, 3.63) is 29.6 Å². The standard InChI is InChI=1S/C14H16ClFO4S/c1-9-4-2-3-5-12(9)20-14(17)10-6-7-11(16)13(8-10)21(15,18)19/h6-9,12H,2-5H2,1H3. The van der Waals surface area contributed by atoms with Crippen LogP contribution in [0.1, 0.15) is 43.0 Å². The first kappa shape index (κ1) is 16.2. The van der Waals surface area contributed by atoms with E-state index in [4.69, 9.17) is 15.4 Å². The van der Waals surface area contributed by atoms with Gasteiger partial charge in [0, 0.05) is 10.7 Å². The highest BCUT2D eigenvalue weighted by Crippen LogP contribution is 2.27. The van der Waals surface area contributed by atoms with Gasteiger partial charge in [-0.05, 0) is 43.4 Å². The summed E-state index contributed by atoms with van der Waals surface area (Å²) in [4.78, 5) is 11.4. The molecule has 1 aliphatic carbocycles. The Morgan fingerprint density at radius 3 is 2.62 bits per heavy atom. The van der Waals surface area contributed by atoms with Crippen molar-refractivity contribution in [1.29, 1.82) is 0 Å². The molecule has 0 saturated heterocycles. The molecule has 1 aromatic carbocycles. The Kier molecular flexibility index (Phi) is 4.88. The topological polar surface area (TPSA) is 60.4 Å². The predicted octanol–water partition coefficient (Wildman–Crippen LogP) is 3.49. The average molecular weight is 335 g/mol. The summed E-state index contributed by atoms with van der Waals surface area (Å²) >= 11 is 0. The Bertz CT molecular complexity index is 644. The number of carbonyl (C=O) groups excluding carboxylic acids is 1. The number of hydrogen-bond acceptors (Lipinski definition) is 4. The van der Waals surface area contributed by atoms with Gasteiger partial charge < -0.3 is 4.74 Å². The van der Waals surface area contributed by atoms with E-state index in [1.807, 2.05) is 6.92 Å². The van der Waals surface area contributed by atoms with Crippen LogP contribution in [-0.4, -0.2) is 20.5 Å². The summed E-state index contributed by atoms with van der Waals surface area (Å²) in [5, 5.41) is 0. The summed E-state index contributed by atoms with van der Waals surface area (Å²) in [5.74, 6) is -1.39. The Labute approximate surface area is 127 Å². The molecule has 1 aromatic rings. The van der Waals surface area contributed by atoms with Gasteiger partial charge in [-0.2, -0.15) is 0 Å². The minimum Gasteiger partial charge on any atom is -0.459 e. The van der Waals surface area contributed by atoms with Crippen LogP contribution in [0.4, 0.5) is 4.39 Å². The van der Waals surface area contributed by atoms with E-state index in [1.54, 1.807) is 0 Å². The lowest BCUT2D eigenvalue weighted by molar-refractivity contribution is 0.00478. The van der Waals surface area contributed by atoms with Crippen molar-refractivity contribution in [2.45, 2.75) is 43.6 Å². The first-order chi connectivity index (χ1) is 9.79. The molecule has 0 aromatic heterocycles. The minimum absolute atomic E-state index is 0.0200. The van der Waals surface area contributed by atoms with Crippen LogP contribution in [0, 0.1) is 11.7 Å². The Morgan fingerprint density at radius 1 is 1.33 bits per heavy atom. The van der Waals surface area contributed by atoms with Gasteiger partial charge in [0.1, 0.15) is 16.8 Å². The van der Waals surface area contributed by atoms with Crippen LogP contribution in [0.15, 0.2) is 23.1 Å². The molecule has 1 fully saturated rings. The number of hydrogen-bond donors (Lipinski definition) is 0. The molecule has 0 N–H and O–H groups in total. The normalized spacial score (nSPS) is 22.8. The van der Waals surface area contributed by atoms with E-state index in [0.29, 0.717) is 0 Å². The summed E-state index contributed by atoms with van der Waals surface area (Å²) in [7, 11) is 0.892. The van der Waals surface area contributed by atoms with Crippen molar-refractivity contribution < 1.29 is 22.3 Å². The molecule has 0 radical (unpaired) electrons. The fourth-order valence-corrected chi connectivity index (χ4v) is 3.40. The molecule has 2 unspecified atom stereocenters. The van der Waals surface area contributed by atoms with Crippen molar-refractivity contribution >= 4 is 25.7 Å². The molecule has 7 heteroatoms. The first-order valence-corrected chi connectivity index (χ1v) is 9.05. The number of benzene rings is 1. The Hall–Kier alpha value is -1.14. The number of rotatable bonds is 3. The van der Waals surface area contributed by atoms with E-state index >= 15 is 0 Å². The average Bonchev–Trinajstić information content (AvgIpc) is 2.40. The van der Waals surface area contributed by atoms with Crippen molar-refractivity contribution in [2.75, 3.05) is 0 Å². The van der Waals surface area contributed by atoms with Gasteiger partial charge in [-0.15, -0.1) is 0 Å². The van der Waals surface area contributed by atoms with Crippen LogP contribution in [-0.2, 0) is 13.8 Å². The van der Waals surface area contributed by atoms with Gasteiger partial charge >= 0.3 is 5.97 Å². The molecule has 0 bridgehead atoms. The number of carbonyl (C=O) groups is 1. The van der Waals surface area contributed by atoms with Crippen molar-refractivity contribution in [2.24, 2.45) is 5.92 Å². The van der Waals surface area contributed by atoms with Crippen LogP contribution in [0.3, 0.4) is 0 Å². The first-order valence-electron chi connectivity index (χ1n) is 6.74. The van der Waals surface area contributed by atoms with Crippen molar-refractivity contribution in [1.82, 2.24) is 0 Å². The van der Waals surface area contributed by atoms with Crippen molar-refractivity contribution in [3.63, 3.8) is 0 Å². The fourth-order valence-electron chi connectivity index (χ4n) is 2.48. The van der Waals surface area contributed by atoms with Gasteiger partial charge in [0.15, 0.2) is 0 Å². The van der Waals surface area contributed by atoms with Crippen LogP contribution in [0.5, 0.6) is 0 Å². The quantitative estimate of drug-likeness (QED) is 0.627. The molecule has 2 rings (SSSR count). The maximum absolute atomic E-state index is 13.4. The predicted molar refractivity (Wildman–Crippen MR) is 76.3 cm³/mol. The lowest BCUT2D eigenvalue weighted by Gasteiger charge is -2.28. The second kappa shape index (κ2) is 6.32. The number of halogens is 2. The number of esters is 1. The van der Waals surface area contributed by atoms with Crippen molar-refractivity contribution in [3.8, 4) is 0 Å². The van der Waals surface area contributed by atoms with Gasteiger partial charge in [-0.1, -0.05) is 13.3 Å². The highest BCUT2D eigenvalue weighted by molar-refractivity contribution is 8.13. The molecule has 4 nitrogen and oxygen atoms in total. The molecule has 1 saturated carbocycles. The zero-order chi connectivity index (χ0) is 15.6. The zero-order valence-electron chi connectivity index (χ0n) is 11.5. The monoisotopic (exact) mass is 334 g/mol. The maximum Gasteiger partial charge on any atom is 0.338 e. The van der Waals surface area contributed by atoms with Gasteiger partial charge in [-0.25, -0.2) is 17.6 Å². The summed E-state index contributed by atoms with van der Waals surface area (Å²) in [6, 6.07) is 3.00. The second-order valence-electron chi connectivity index (χ2n) is 5.29. The van der Waals surface area contributed by atoms with Gasteiger partial charge in [-0.3, -0.25) is 0 Å². The van der Waals surface area contributed by atoms with Gasteiger partial charge in [0.05, 0.1) is 5.56 Å². The molecule has 116 valence electrons. The fraction of sp³-hybridized carbons (Fsp3) is 0.500. The molecule has 1 aliphatic rings. The lowest BCUT2D eigenvalue weighted by Crippen LogP contribution is -2.28. The van der Waals surface area contributed by atoms with Gasteiger partial charge in [0.2, 0.25) is 0 Å². The Morgan fingerprint density at radius 2 is 2.00 bits per heavy atom. The third-order valence-corrected chi connectivity index (χ3v) is 5.06. The third kappa shape index (κ3) is 3.95. The van der Waals surface area contributed by atoms with Crippen LogP contribution in [0.25, 0.3) is 0 Å². The molecule has 2 atom stereocenters. The second-order valence-corrected chi connectivity index (χ2v) is 7.82. The molecule has 0 heterocycles. The largest absolute Gasteiger partial charge is 0.459 e. The Balaban J connectivity index is 2.20. The molecule has 0 spiro atoms. The van der Waals surface area contributed by atoms with E-state index in [9.17, 15) is 17.6 Å². The molecule has 21 heavy (non-hydrogen) atoms. The third-order valence-electron chi connectivity index (χ3n) is 3.72. The maximum atomic E-state index is 13.4. The molecule has 0 amide bonds. The van der Waals surface area contributed by atoms with E-state index in [1.165, 1.54) is 6.07 Å². The van der Waals surface area contributed by atoms with Crippen LogP contribution >= 0.6 is 10.7 Å². The van der Waals surface area contributed by atoms with E-state index in [0.717, 1.165) is 37.8 Å². The smallest absolute Gasteiger partial charge is 0.338 e. The van der Waals surface area contributed by atoms with E-state index in [2.05, 4.69) is 0 Å². The highest BCUT2D eigenvalue weighted by atomic mass is 35.7. The van der Waals surface area contributed by atoms with E-state index < -0.39 is 25.7 Å². The summed E-state index contributed by atoms with van der Waals surface area (Å²) in [6.07, 6.45) is 3.69. The molecule has 0 aliphatic heterocycles. The molecular weight excluding hydrogens is 319 g/mol. The SMILES string of the molecule is CC1CCCCC1OC(=O)c1ccc(F)c(S(=O)(=O)Cl)c1. The minimum atomic E-state index is -4.24. The zero-order valence-corrected chi connectivity index (χ0v) is 13.1. The summed E-state index contributed by atoms with van der Waals surface area (Å²) in [6.45, 7) is 2.01. The van der Waals surface area contributed by atoms with Crippen LogP contribution in [0.2, 0.25) is 0 Å². The lowest BCUT2D eigenvalue weighted by atomic mass is 9.88. The molecular formula is C14H16ClFO4S.